The normalized spacial score (nSPS) is 14.4. The van der Waals surface area contributed by atoms with Gasteiger partial charge in [-0.2, -0.15) is 0 Å². The number of anilines is 1. The van der Waals surface area contributed by atoms with Crippen molar-refractivity contribution in [3.05, 3.63) is 23.5 Å². The van der Waals surface area contributed by atoms with Crippen LogP contribution in [0.3, 0.4) is 0 Å². The highest BCUT2D eigenvalue weighted by Gasteiger charge is 2.21. The number of likely N-dealkylation sites (N-methyl/N-ethyl adjacent to an activating group) is 1. The molecule has 1 aromatic heterocycles. The molecule has 1 fully saturated rings. The summed E-state index contributed by atoms with van der Waals surface area (Å²) in [5.41, 5.74) is 1.00. The minimum Gasteiger partial charge on any atom is -0.382 e. The lowest BCUT2D eigenvalue weighted by Gasteiger charge is -2.38. The number of piperazine rings is 1. The van der Waals surface area contributed by atoms with E-state index in [0.29, 0.717) is 11.6 Å². The molecule has 0 aliphatic carbocycles. The maximum atomic E-state index is 11.9. The molecule has 0 spiro atoms. The number of ether oxygens (including phenoxy) is 1. The van der Waals surface area contributed by atoms with Crippen LogP contribution in [-0.4, -0.2) is 93.2 Å². The summed E-state index contributed by atoms with van der Waals surface area (Å²) in [4.78, 5) is 26.5. The minimum absolute atomic E-state index is 0. The minimum atomic E-state index is -0.0178. The van der Waals surface area contributed by atoms with Gasteiger partial charge in [0.05, 0.1) is 10.7 Å². The predicted molar refractivity (Wildman–Crippen MR) is 129 cm³/mol. The summed E-state index contributed by atoms with van der Waals surface area (Å²) in [7, 11) is 3.48. The van der Waals surface area contributed by atoms with Crippen molar-refractivity contribution < 1.29 is 9.53 Å². The zero-order valence-electron chi connectivity index (χ0n) is 17.4. The molecule has 2 rings (SSSR count). The fraction of sp³-hybridized carbons (Fsp3) is 0.632. The summed E-state index contributed by atoms with van der Waals surface area (Å²) in [5, 5.41) is 4.04. The maximum Gasteiger partial charge on any atom is 0.243 e. The number of nitrogens with one attached hydrogen (secondary N) is 1. The molecule has 1 saturated heterocycles. The Morgan fingerprint density at radius 2 is 2.07 bits per heavy atom. The molecule has 1 aromatic rings. The number of halogens is 2. The highest BCUT2D eigenvalue weighted by atomic mass is 127. The number of hydrogen-bond acceptors (Lipinski definition) is 5. The third kappa shape index (κ3) is 8.51. The summed E-state index contributed by atoms with van der Waals surface area (Å²) in [6.07, 6.45) is 4.32. The van der Waals surface area contributed by atoms with Gasteiger partial charge in [0.2, 0.25) is 5.91 Å². The van der Waals surface area contributed by atoms with Gasteiger partial charge in [0, 0.05) is 72.4 Å². The van der Waals surface area contributed by atoms with Crippen LogP contribution in [0.5, 0.6) is 0 Å². The average Bonchev–Trinajstić information content (AvgIpc) is 2.70. The van der Waals surface area contributed by atoms with E-state index in [-0.39, 0.29) is 36.4 Å². The van der Waals surface area contributed by atoms with Gasteiger partial charge in [-0.05, 0) is 19.4 Å². The molecule has 2 heterocycles. The third-order valence-corrected chi connectivity index (χ3v) is 4.78. The number of hydrogen-bond donors (Lipinski definition) is 1. The Hall–Kier alpha value is -1.33. The van der Waals surface area contributed by atoms with E-state index in [2.05, 4.69) is 25.1 Å². The van der Waals surface area contributed by atoms with E-state index >= 15 is 0 Å². The fourth-order valence-electron chi connectivity index (χ4n) is 2.85. The first-order chi connectivity index (χ1) is 13.5. The summed E-state index contributed by atoms with van der Waals surface area (Å²) in [6, 6.07) is 1.94. The summed E-state index contributed by atoms with van der Waals surface area (Å²) < 4.78 is 5.39. The Balaban J connectivity index is 0.00000420. The van der Waals surface area contributed by atoms with Crippen molar-refractivity contribution >= 4 is 53.1 Å². The van der Waals surface area contributed by atoms with Gasteiger partial charge in [0.15, 0.2) is 5.96 Å². The van der Waals surface area contributed by atoms with Crippen LogP contribution >= 0.6 is 35.6 Å². The zero-order valence-corrected chi connectivity index (χ0v) is 20.5. The number of rotatable bonds is 8. The zero-order chi connectivity index (χ0) is 20.4. The van der Waals surface area contributed by atoms with Crippen molar-refractivity contribution in [3.8, 4) is 0 Å². The van der Waals surface area contributed by atoms with Gasteiger partial charge in [0.1, 0.15) is 6.54 Å². The van der Waals surface area contributed by atoms with Crippen LogP contribution in [0, 0.1) is 0 Å². The number of carbonyl (C=O) groups excluding carboxylic acids is 1. The van der Waals surface area contributed by atoms with Crippen LogP contribution < -0.4 is 10.2 Å². The lowest BCUT2D eigenvalue weighted by atomic mass is 10.2. The number of aliphatic imine (C=N–C) groups is 1. The summed E-state index contributed by atoms with van der Waals surface area (Å²) in [6.45, 7) is 7.55. The van der Waals surface area contributed by atoms with Gasteiger partial charge in [-0.25, -0.2) is 4.99 Å². The molecule has 1 N–H and O–H groups in total. The lowest BCUT2D eigenvalue weighted by molar-refractivity contribution is -0.127. The first-order valence-corrected chi connectivity index (χ1v) is 10.1. The van der Waals surface area contributed by atoms with Crippen LogP contribution in [0.1, 0.15) is 13.3 Å². The molecule has 0 saturated carbocycles. The highest BCUT2D eigenvalue weighted by Crippen LogP contribution is 2.25. The number of aromatic nitrogens is 1. The molecule has 0 bridgehead atoms. The quantitative estimate of drug-likeness (QED) is 0.236. The number of nitrogens with zero attached hydrogens (tertiary/aromatic N) is 5. The van der Waals surface area contributed by atoms with Gasteiger partial charge in [-0.1, -0.05) is 11.6 Å². The SMILES string of the molecule is CCOCCCNC(=NCC(=O)N(C)C)N1CCN(c2ccncc2Cl)CC1.I. The lowest BCUT2D eigenvalue weighted by Crippen LogP contribution is -2.53. The molecular formula is C19H32ClIN6O2. The Labute approximate surface area is 195 Å². The molecule has 0 atom stereocenters. The second-order valence-corrected chi connectivity index (χ2v) is 7.11. The standard InChI is InChI=1S/C19H31ClN6O2.HI/c1-4-28-13-5-7-22-19(23-15-18(27)24(2)3)26-11-9-25(10-12-26)17-6-8-21-14-16(17)20;/h6,8,14H,4-5,7,9-13,15H2,1-3H3,(H,22,23);1H. The first-order valence-electron chi connectivity index (χ1n) is 9.68. The third-order valence-electron chi connectivity index (χ3n) is 4.49. The molecule has 8 nitrogen and oxygen atoms in total. The van der Waals surface area contributed by atoms with E-state index in [1.807, 2.05) is 13.0 Å². The number of amides is 1. The number of carbonyl (C=O) groups is 1. The van der Waals surface area contributed by atoms with E-state index in [0.717, 1.165) is 57.4 Å². The molecule has 10 heteroatoms. The van der Waals surface area contributed by atoms with E-state index in [4.69, 9.17) is 16.3 Å². The largest absolute Gasteiger partial charge is 0.382 e. The van der Waals surface area contributed by atoms with Gasteiger partial charge in [-0.15, -0.1) is 24.0 Å². The molecule has 0 aromatic carbocycles. The number of guanidine groups is 1. The molecule has 1 amide bonds. The Kier molecular flexibility index (Phi) is 12.2. The van der Waals surface area contributed by atoms with Crippen molar-refractivity contribution in [1.82, 2.24) is 20.1 Å². The molecular weight excluding hydrogens is 507 g/mol. The highest BCUT2D eigenvalue weighted by molar-refractivity contribution is 14.0. The number of pyridine rings is 1. The predicted octanol–water partition coefficient (Wildman–Crippen LogP) is 1.94. The monoisotopic (exact) mass is 538 g/mol. The molecule has 0 radical (unpaired) electrons. The van der Waals surface area contributed by atoms with Gasteiger partial charge in [0.25, 0.3) is 0 Å². The Morgan fingerprint density at radius 1 is 1.34 bits per heavy atom. The maximum absolute atomic E-state index is 11.9. The second-order valence-electron chi connectivity index (χ2n) is 6.71. The van der Waals surface area contributed by atoms with Crippen LogP contribution in [0.2, 0.25) is 5.02 Å². The van der Waals surface area contributed by atoms with E-state index in [1.54, 1.807) is 31.4 Å². The van der Waals surface area contributed by atoms with Gasteiger partial charge < -0.3 is 24.8 Å². The second kappa shape index (κ2) is 13.8. The van der Waals surface area contributed by atoms with Crippen molar-refractivity contribution in [2.75, 3.05) is 71.5 Å². The first kappa shape index (κ1) is 25.7. The summed E-state index contributed by atoms with van der Waals surface area (Å²) in [5.74, 6) is 0.753. The van der Waals surface area contributed by atoms with E-state index < -0.39 is 0 Å². The van der Waals surface area contributed by atoms with Crippen LogP contribution in [-0.2, 0) is 9.53 Å². The fourth-order valence-corrected chi connectivity index (χ4v) is 3.09. The average molecular weight is 539 g/mol. The smallest absolute Gasteiger partial charge is 0.243 e. The molecule has 1 aliphatic heterocycles. The van der Waals surface area contributed by atoms with Gasteiger partial charge >= 0.3 is 0 Å². The van der Waals surface area contributed by atoms with Crippen molar-refractivity contribution in [2.45, 2.75) is 13.3 Å². The topological polar surface area (TPSA) is 73.3 Å². The van der Waals surface area contributed by atoms with Crippen molar-refractivity contribution in [2.24, 2.45) is 4.99 Å². The summed E-state index contributed by atoms with van der Waals surface area (Å²) >= 11 is 6.27. The van der Waals surface area contributed by atoms with E-state index in [9.17, 15) is 4.79 Å². The Bertz CT molecular complexity index is 653. The van der Waals surface area contributed by atoms with Crippen molar-refractivity contribution in [1.29, 1.82) is 0 Å². The Morgan fingerprint density at radius 3 is 2.69 bits per heavy atom. The van der Waals surface area contributed by atoms with Crippen LogP contribution in [0.25, 0.3) is 0 Å². The van der Waals surface area contributed by atoms with E-state index in [1.165, 1.54) is 0 Å². The molecule has 0 unspecified atom stereocenters. The molecule has 164 valence electrons. The van der Waals surface area contributed by atoms with Gasteiger partial charge in [-0.3, -0.25) is 9.78 Å². The van der Waals surface area contributed by atoms with Crippen LogP contribution in [0.4, 0.5) is 5.69 Å². The van der Waals surface area contributed by atoms with Crippen molar-refractivity contribution in [3.63, 3.8) is 0 Å². The molecule has 1 aliphatic rings. The van der Waals surface area contributed by atoms with Crippen LogP contribution in [0.15, 0.2) is 23.5 Å². The molecule has 29 heavy (non-hydrogen) atoms.